The summed E-state index contributed by atoms with van der Waals surface area (Å²) in [6, 6.07) is 7.95. The van der Waals surface area contributed by atoms with Crippen LogP contribution in [0.15, 0.2) is 24.3 Å². The molecular weight excluding hydrogens is 263 g/mol. The fourth-order valence-corrected chi connectivity index (χ4v) is 3.96. The van der Waals surface area contributed by atoms with Gasteiger partial charge in [0.2, 0.25) is 0 Å². The summed E-state index contributed by atoms with van der Waals surface area (Å²) in [5.41, 5.74) is 0.831. The zero-order valence-electron chi connectivity index (χ0n) is 13.1. The van der Waals surface area contributed by atoms with Gasteiger partial charge in [-0.05, 0) is 24.8 Å². The van der Waals surface area contributed by atoms with Gasteiger partial charge in [-0.1, -0.05) is 38.0 Å². The van der Waals surface area contributed by atoms with Crippen LogP contribution in [0.25, 0.3) is 0 Å². The second kappa shape index (κ2) is 6.89. The summed E-state index contributed by atoms with van der Waals surface area (Å²) in [6.45, 7) is 7.58. The molecule has 0 spiro atoms. The van der Waals surface area contributed by atoms with E-state index in [0.29, 0.717) is 0 Å². The van der Waals surface area contributed by atoms with Gasteiger partial charge in [0.15, 0.2) is 0 Å². The first-order valence-corrected chi connectivity index (χ1v) is 8.44. The fourth-order valence-electron chi connectivity index (χ4n) is 3.96. The third kappa shape index (κ3) is 3.64. The van der Waals surface area contributed by atoms with Crippen molar-refractivity contribution in [1.29, 1.82) is 0 Å². The molecule has 1 heterocycles. The van der Waals surface area contributed by atoms with E-state index in [2.05, 4.69) is 16.7 Å². The van der Waals surface area contributed by atoms with Gasteiger partial charge in [0.25, 0.3) is 0 Å². The van der Waals surface area contributed by atoms with E-state index in [-0.39, 0.29) is 5.82 Å². The molecule has 1 saturated carbocycles. The van der Waals surface area contributed by atoms with Crippen LogP contribution in [0.1, 0.15) is 38.2 Å². The Morgan fingerprint density at radius 3 is 2.48 bits per heavy atom. The van der Waals surface area contributed by atoms with Crippen molar-refractivity contribution in [3.05, 3.63) is 35.6 Å². The van der Waals surface area contributed by atoms with Crippen molar-refractivity contribution < 1.29 is 4.39 Å². The van der Waals surface area contributed by atoms with Gasteiger partial charge in [0.05, 0.1) is 0 Å². The van der Waals surface area contributed by atoms with Gasteiger partial charge in [0.1, 0.15) is 5.82 Å². The smallest absolute Gasteiger partial charge is 0.127 e. The lowest BCUT2D eigenvalue weighted by Crippen LogP contribution is -2.52. The molecule has 21 heavy (non-hydrogen) atoms. The van der Waals surface area contributed by atoms with Crippen molar-refractivity contribution in [3.63, 3.8) is 0 Å². The average Bonchev–Trinajstić information content (AvgIpc) is 2.51. The van der Waals surface area contributed by atoms with E-state index >= 15 is 0 Å². The van der Waals surface area contributed by atoms with Crippen LogP contribution in [0, 0.1) is 11.7 Å². The van der Waals surface area contributed by atoms with Crippen LogP contribution in [0.3, 0.4) is 0 Å². The molecule has 116 valence electrons. The molecule has 0 amide bonds. The third-order valence-corrected chi connectivity index (χ3v) is 5.29. The van der Waals surface area contributed by atoms with Gasteiger partial charge < -0.3 is 0 Å². The first-order chi connectivity index (χ1) is 10.2. The summed E-state index contributed by atoms with van der Waals surface area (Å²) < 4.78 is 13.7. The molecule has 2 atom stereocenters. The fraction of sp³-hybridized carbons (Fsp3) is 0.667. The summed E-state index contributed by atoms with van der Waals surface area (Å²) in [5.74, 6) is 0.776. The Morgan fingerprint density at radius 2 is 1.76 bits per heavy atom. The van der Waals surface area contributed by atoms with Crippen molar-refractivity contribution in [2.24, 2.45) is 5.92 Å². The number of hydrogen-bond acceptors (Lipinski definition) is 2. The zero-order valence-corrected chi connectivity index (χ0v) is 13.1. The quantitative estimate of drug-likeness (QED) is 0.840. The SMILES string of the molecule is C[C@H]1CCCC[C@H]1N1CCN(Cc2ccccc2F)CC1. The molecule has 0 radical (unpaired) electrons. The molecule has 3 rings (SSSR count). The largest absolute Gasteiger partial charge is 0.298 e. The van der Waals surface area contributed by atoms with Gasteiger partial charge in [-0.15, -0.1) is 0 Å². The summed E-state index contributed by atoms with van der Waals surface area (Å²) in [7, 11) is 0. The minimum atomic E-state index is -0.0687. The molecular formula is C18H27FN2. The summed E-state index contributed by atoms with van der Waals surface area (Å²) >= 11 is 0. The Balaban J connectivity index is 1.52. The third-order valence-electron chi connectivity index (χ3n) is 5.29. The van der Waals surface area contributed by atoms with Crippen LogP contribution < -0.4 is 0 Å². The molecule has 1 aromatic rings. The van der Waals surface area contributed by atoms with Crippen LogP contribution >= 0.6 is 0 Å². The predicted molar refractivity (Wildman–Crippen MR) is 84.7 cm³/mol. The van der Waals surface area contributed by atoms with E-state index in [1.165, 1.54) is 25.7 Å². The summed E-state index contributed by atoms with van der Waals surface area (Å²) in [6.07, 6.45) is 5.56. The van der Waals surface area contributed by atoms with Crippen LogP contribution in [-0.2, 0) is 6.54 Å². The molecule has 0 aromatic heterocycles. The Kier molecular flexibility index (Phi) is 4.91. The molecule has 3 heteroatoms. The lowest BCUT2D eigenvalue weighted by atomic mass is 9.84. The van der Waals surface area contributed by atoms with E-state index in [1.807, 2.05) is 12.1 Å². The molecule has 2 aliphatic rings. The van der Waals surface area contributed by atoms with Crippen molar-refractivity contribution in [1.82, 2.24) is 9.80 Å². The molecule has 1 aliphatic heterocycles. The maximum absolute atomic E-state index is 13.7. The molecule has 1 aliphatic carbocycles. The highest BCUT2D eigenvalue weighted by atomic mass is 19.1. The second-order valence-corrected chi connectivity index (χ2v) is 6.73. The molecule has 1 saturated heterocycles. The van der Waals surface area contributed by atoms with E-state index in [9.17, 15) is 4.39 Å². The van der Waals surface area contributed by atoms with Gasteiger partial charge in [-0.3, -0.25) is 9.80 Å². The number of benzene rings is 1. The minimum absolute atomic E-state index is 0.0687. The number of nitrogens with zero attached hydrogens (tertiary/aromatic N) is 2. The molecule has 0 N–H and O–H groups in total. The van der Waals surface area contributed by atoms with E-state index in [1.54, 1.807) is 12.1 Å². The maximum Gasteiger partial charge on any atom is 0.127 e. The highest BCUT2D eigenvalue weighted by molar-refractivity contribution is 5.17. The molecule has 2 nitrogen and oxygen atoms in total. The van der Waals surface area contributed by atoms with E-state index in [4.69, 9.17) is 0 Å². The Bertz CT molecular complexity index is 454. The normalized spacial score (nSPS) is 28.7. The average molecular weight is 290 g/mol. The lowest BCUT2D eigenvalue weighted by molar-refractivity contribution is 0.0514. The number of halogens is 1. The molecule has 1 aromatic carbocycles. The van der Waals surface area contributed by atoms with Gasteiger partial charge in [0, 0.05) is 44.3 Å². The first-order valence-electron chi connectivity index (χ1n) is 8.44. The molecule has 0 bridgehead atoms. The molecule has 2 fully saturated rings. The van der Waals surface area contributed by atoms with Crippen LogP contribution in [0.4, 0.5) is 4.39 Å². The van der Waals surface area contributed by atoms with Crippen molar-refractivity contribution >= 4 is 0 Å². The molecule has 0 unspecified atom stereocenters. The maximum atomic E-state index is 13.7. The monoisotopic (exact) mass is 290 g/mol. The number of hydrogen-bond donors (Lipinski definition) is 0. The Morgan fingerprint density at radius 1 is 1.05 bits per heavy atom. The van der Waals surface area contributed by atoms with Crippen molar-refractivity contribution in [2.45, 2.75) is 45.2 Å². The summed E-state index contributed by atoms with van der Waals surface area (Å²) in [5, 5.41) is 0. The highest BCUT2D eigenvalue weighted by Gasteiger charge is 2.29. The van der Waals surface area contributed by atoms with Crippen molar-refractivity contribution in [2.75, 3.05) is 26.2 Å². The van der Waals surface area contributed by atoms with Crippen LogP contribution in [0.2, 0.25) is 0 Å². The van der Waals surface area contributed by atoms with Gasteiger partial charge in [-0.25, -0.2) is 4.39 Å². The lowest BCUT2D eigenvalue weighted by Gasteiger charge is -2.43. The Labute approximate surface area is 127 Å². The predicted octanol–water partition coefficient (Wildman–Crippen LogP) is 3.52. The van der Waals surface area contributed by atoms with Gasteiger partial charge >= 0.3 is 0 Å². The Hall–Kier alpha value is -0.930. The standard InChI is InChI=1S/C18H27FN2/c1-15-6-2-5-9-18(15)21-12-10-20(11-13-21)14-16-7-3-4-8-17(16)19/h3-4,7-8,15,18H,2,5-6,9-14H2,1H3/t15-,18+/m0/s1. The first kappa shape index (κ1) is 15.0. The summed E-state index contributed by atoms with van der Waals surface area (Å²) in [4.78, 5) is 5.07. The van der Waals surface area contributed by atoms with Gasteiger partial charge in [-0.2, -0.15) is 0 Å². The van der Waals surface area contributed by atoms with Crippen LogP contribution in [-0.4, -0.2) is 42.0 Å². The van der Waals surface area contributed by atoms with Crippen molar-refractivity contribution in [3.8, 4) is 0 Å². The number of piperazine rings is 1. The van der Waals surface area contributed by atoms with E-state index < -0.39 is 0 Å². The minimum Gasteiger partial charge on any atom is -0.298 e. The second-order valence-electron chi connectivity index (χ2n) is 6.73. The van der Waals surface area contributed by atoms with Crippen LogP contribution in [0.5, 0.6) is 0 Å². The zero-order chi connectivity index (χ0) is 14.7. The highest BCUT2D eigenvalue weighted by Crippen LogP contribution is 2.28. The topological polar surface area (TPSA) is 6.48 Å². The number of rotatable bonds is 3. The van der Waals surface area contributed by atoms with E-state index in [0.717, 1.165) is 50.2 Å².